The summed E-state index contributed by atoms with van der Waals surface area (Å²) in [6.07, 6.45) is 25.5. The Labute approximate surface area is 167 Å². The summed E-state index contributed by atoms with van der Waals surface area (Å²) in [6, 6.07) is 0. The third kappa shape index (κ3) is 15.9. The molecule has 0 saturated heterocycles. The van der Waals surface area contributed by atoms with Crippen LogP contribution in [0.15, 0.2) is 11.6 Å². The molecule has 1 heterocycles. The van der Waals surface area contributed by atoms with Gasteiger partial charge in [0, 0.05) is 12.7 Å². The van der Waals surface area contributed by atoms with Gasteiger partial charge in [0.25, 0.3) is 0 Å². The van der Waals surface area contributed by atoms with Crippen LogP contribution in [0.4, 0.5) is 0 Å². The van der Waals surface area contributed by atoms with Gasteiger partial charge in [-0.2, -0.15) is 0 Å². The smallest absolute Gasteiger partial charge is 0.0675 e. The number of unbranched alkanes of at least 4 members (excludes halogenated alkanes) is 15. The molecule has 0 radical (unpaired) electrons. The van der Waals surface area contributed by atoms with Crippen molar-refractivity contribution in [2.75, 3.05) is 12.4 Å². The molecule has 0 aromatic heterocycles. The molecule has 144 valence electrons. The largest absolute Gasteiger partial charge is 0.367 e. The van der Waals surface area contributed by atoms with Crippen LogP contribution in [0.25, 0.3) is 0 Å². The quantitative estimate of drug-likeness (QED) is 0.218. The molecule has 3 heteroatoms. The van der Waals surface area contributed by atoms with E-state index in [9.17, 15) is 0 Å². The fourth-order valence-electron chi connectivity index (χ4n) is 3.31. The lowest BCUT2D eigenvalue weighted by Crippen LogP contribution is -2.14. The van der Waals surface area contributed by atoms with Crippen LogP contribution in [0.3, 0.4) is 0 Å². The Morgan fingerprint density at radius 3 is 1.46 bits per heavy atom. The van der Waals surface area contributed by atoms with Crippen LogP contribution in [0, 0.1) is 0 Å². The highest BCUT2D eigenvalue weighted by Gasteiger charge is 2.03. The molecule has 1 rings (SSSR count). The molecule has 1 nitrogen and oxygen atoms in total. The molecule has 0 atom stereocenters. The molecule has 0 aromatic rings. The first-order chi connectivity index (χ1) is 11.4. The minimum Gasteiger partial charge on any atom is -0.367 e. The maximum Gasteiger partial charge on any atom is 0.0675 e. The van der Waals surface area contributed by atoms with Gasteiger partial charge in [0.15, 0.2) is 0 Å². The fourth-order valence-corrected chi connectivity index (χ4v) is 4.06. The van der Waals surface area contributed by atoms with Crippen LogP contribution in [-0.2, 0) is 0 Å². The zero-order valence-electron chi connectivity index (χ0n) is 16.1. The van der Waals surface area contributed by atoms with Crippen molar-refractivity contribution in [3.05, 3.63) is 11.6 Å². The highest BCUT2D eigenvalue weighted by Crippen LogP contribution is 2.16. The van der Waals surface area contributed by atoms with Crippen molar-refractivity contribution in [2.24, 2.45) is 0 Å². The molecule has 0 amide bonds. The second kappa shape index (κ2) is 19.7. The van der Waals surface area contributed by atoms with Crippen LogP contribution in [0.2, 0.25) is 0 Å². The normalized spacial score (nSPS) is 13.5. The minimum absolute atomic E-state index is 0. The summed E-state index contributed by atoms with van der Waals surface area (Å²) in [5.41, 5.74) is 0. The average Bonchev–Trinajstić information content (AvgIpc) is 3.08. The van der Waals surface area contributed by atoms with E-state index in [0.29, 0.717) is 0 Å². The highest BCUT2D eigenvalue weighted by molar-refractivity contribution is 8.93. The lowest BCUT2D eigenvalue weighted by atomic mass is 10.0. The molecule has 0 fully saturated rings. The van der Waals surface area contributed by atoms with E-state index in [1.54, 1.807) is 0 Å². The number of rotatable bonds is 17. The zero-order valence-corrected chi connectivity index (χ0v) is 18.7. The third-order valence-corrected chi connectivity index (χ3v) is 5.70. The Morgan fingerprint density at radius 2 is 1.08 bits per heavy atom. The molecule has 0 unspecified atom stereocenters. The molecule has 1 aliphatic heterocycles. The van der Waals surface area contributed by atoms with Crippen LogP contribution < -0.4 is 0 Å². The zero-order chi connectivity index (χ0) is 16.4. The number of hydrogen-bond acceptors (Lipinski definition) is 2. The predicted octanol–water partition coefficient (Wildman–Crippen LogP) is 8.30. The second-order valence-corrected chi connectivity index (χ2v) is 8.06. The Kier molecular flexibility index (Phi) is 20.0. The van der Waals surface area contributed by atoms with Crippen molar-refractivity contribution in [1.29, 1.82) is 0 Å². The van der Waals surface area contributed by atoms with Gasteiger partial charge in [-0.25, -0.2) is 0 Å². The van der Waals surface area contributed by atoms with Gasteiger partial charge < -0.3 is 4.90 Å². The Bertz CT molecular complexity index is 271. The summed E-state index contributed by atoms with van der Waals surface area (Å²) in [5, 5.41) is 2.21. The first-order valence-electron chi connectivity index (χ1n) is 10.5. The summed E-state index contributed by atoms with van der Waals surface area (Å²) in [6.45, 7) is 3.56. The van der Waals surface area contributed by atoms with Gasteiger partial charge in [-0.1, -0.05) is 103 Å². The van der Waals surface area contributed by atoms with Gasteiger partial charge >= 0.3 is 0 Å². The first-order valence-corrected chi connectivity index (χ1v) is 11.5. The van der Waals surface area contributed by atoms with E-state index in [2.05, 4.69) is 23.4 Å². The van der Waals surface area contributed by atoms with Gasteiger partial charge in [-0.15, -0.1) is 28.7 Å². The van der Waals surface area contributed by atoms with Crippen molar-refractivity contribution in [3.8, 4) is 0 Å². The molecule has 24 heavy (non-hydrogen) atoms. The Balaban J connectivity index is 0.00000529. The van der Waals surface area contributed by atoms with E-state index >= 15 is 0 Å². The summed E-state index contributed by atoms with van der Waals surface area (Å²) >= 11 is 1.92. The summed E-state index contributed by atoms with van der Waals surface area (Å²) < 4.78 is 0. The van der Waals surface area contributed by atoms with Gasteiger partial charge in [0.2, 0.25) is 0 Å². The van der Waals surface area contributed by atoms with E-state index < -0.39 is 0 Å². The summed E-state index contributed by atoms with van der Waals surface area (Å²) in [4.78, 5) is 2.44. The van der Waals surface area contributed by atoms with Gasteiger partial charge in [0.05, 0.1) is 5.88 Å². The van der Waals surface area contributed by atoms with Crippen LogP contribution >= 0.6 is 28.7 Å². The number of halogens is 1. The fraction of sp³-hybridized carbons (Fsp3) is 0.905. The SMILES string of the molecule is Br.CCCCCCCCCCCCCCCCCCN1C=CSC1. The van der Waals surface area contributed by atoms with E-state index in [4.69, 9.17) is 0 Å². The maximum atomic E-state index is 2.44. The Morgan fingerprint density at radius 1 is 0.667 bits per heavy atom. The molecule has 0 spiro atoms. The van der Waals surface area contributed by atoms with Gasteiger partial charge in [0.1, 0.15) is 0 Å². The van der Waals surface area contributed by atoms with E-state index in [1.807, 2.05) is 11.8 Å². The standard InChI is InChI=1S/C21H41NS.BrH/c1-2-3-4-5-6-7-8-9-10-11-12-13-14-15-16-17-18-22-19-20-23-21-22;/h19-20H,2-18,21H2,1H3;1H. The van der Waals surface area contributed by atoms with Crippen LogP contribution in [-0.4, -0.2) is 17.3 Å². The topological polar surface area (TPSA) is 3.24 Å². The minimum atomic E-state index is 0. The summed E-state index contributed by atoms with van der Waals surface area (Å²) in [7, 11) is 0. The van der Waals surface area contributed by atoms with Crippen LogP contribution in [0.1, 0.15) is 110 Å². The lowest BCUT2D eigenvalue weighted by Gasteiger charge is -2.13. The van der Waals surface area contributed by atoms with Crippen molar-refractivity contribution < 1.29 is 0 Å². The molecular weight excluding hydrogens is 378 g/mol. The van der Waals surface area contributed by atoms with Crippen LogP contribution in [0.5, 0.6) is 0 Å². The summed E-state index contributed by atoms with van der Waals surface area (Å²) in [5.74, 6) is 1.18. The molecule has 0 saturated carbocycles. The van der Waals surface area contributed by atoms with E-state index in [-0.39, 0.29) is 17.0 Å². The molecule has 0 N–H and O–H groups in total. The molecular formula is C21H42BrNS. The van der Waals surface area contributed by atoms with Crippen molar-refractivity contribution in [3.63, 3.8) is 0 Å². The first kappa shape index (κ1) is 24.4. The number of nitrogens with zero attached hydrogens (tertiary/aromatic N) is 1. The lowest BCUT2D eigenvalue weighted by molar-refractivity contribution is 0.420. The monoisotopic (exact) mass is 419 g/mol. The predicted molar refractivity (Wildman–Crippen MR) is 118 cm³/mol. The Hall–Kier alpha value is 0.370. The highest BCUT2D eigenvalue weighted by atomic mass is 79.9. The van der Waals surface area contributed by atoms with E-state index in [1.165, 1.54) is 115 Å². The van der Waals surface area contributed by atoms with Gasteiger partial charge in [-0.05, 0) is 11.8 Å². The van der Waals surface area contributed by atoms with E-state index in [0.717, 1.165) is 0 Å². The van der Waals surface area contributed by atoms with Crippen molar-refractivity contribution >= 4 is 28.7 Å². The number of thioether (sulfide) groups is 1. The maximum absolute atomic E-state index is 2.44. The molecule has 0 bridgehead atoms. The third-order valence-electron chi connectivity index (χ3n) is 4.91. The molecule has 0 aliphatic carbocycles. The van der Waals surface area contributed by atoms with Crippen molar-refractivity contribution in [2.45, 2.75) is 110 Å². The van der Waals surface area contributed by atoms with Gasteiger partial charge in [-0.3, -0.25) is 0 Å². The molecule has 1 aliphatic rings. The molecule has 0 aromatic carbocycles. The second-order valence-electron chi connectivity index (χ2n) is 7.20. The number of hydrogen-bond donors (Lipinski definition) is 0. The average molecular weight is 421 g/mol. The van der Waals surface area contributed by atoms with Crippen molar-refractivity contribution in [1.82, 2.24) is 4.90 Å².